The average molecular weight is 485 g/mol. The van der Waals surface area contributed by atoms with Crippen LogP contribution in [0.1, 0.15) is 118 Å². The zero-order valence-electron chi connectivity index (χ0n) is 19.4. The van der Waals surface area contributed by atoms with Crippen molar-refractivity contribution in [2.45, 2.75) is 137 Å². The number of aliphatic hydroxyl groups is 1. The van der Waals surface area contributed by atoms with Gasteiger partial charge in [0.2, 0.25) is 0 Å². The molecule has 1 nitrogen and oxygen atoms in total. The summed E-state index contributed by atoms with van der Waals surface area (Å²) >= 11 is -2.20. The van der Waals surface area contributed by atoms with E-state index in [0.717, 1.165) is 19.3 Å². The Morgan fingerprint density at radius 3 is 1.81 bits per heavy atom. The van der Waals surface area contributed by atoms with E-state index in [1.165, 1.54) is 64.2 Å². The van der Waals surface area contributed by atoms with Gasteiger partial charge in [-0.1, -0.05) is 0 Å². The Hall–Kier alpha value is 0.499. The molecule has 0 bridgehead atoms. The van der Waals surface area contributed by atoms with Crippen molar-refractivity contribution in [3.63, 3.8) is 0 Å². The van der Waals surface area contributed by atoms with Crippen molar-refractivity contribution >= 4 is 18.4 Å². The van der Waals surface area contributed by atoms with E-state index in [1.807, 2.05) is 0 Å². The van der Waals surface area contributed by atoms with E-state index in [9.17, 15) is 5.11 Å². The molecule has 1 aliphatic rings. The molecule has 0 unspecified atom stereocenters. The van der Waals surface area contributed by atoms with Crippen molar-refractivity contribution in [2.24, 2.45) is 5.41 Å². The van der Waals surface area contributed by atoms with Crippen LogP contribution in [-0.2, 0) is 0 Å². The Kier molecular flexibility index (Phi) is 12.2. The molecule has 2 atom stereocenters. The minimum absolute atomic E-state index is 0.230. The SMILES string of the molecule is CCCC[C@]1(O)CCC[C@](C)(/C=[CH]\[Sn]([CH2]CCC)([CH2]CCC)[CH2]CCC)C1. The van der Waals surface area contributed by atoms with Gasteiger partial charge < -0.3 is 0 Å². The zero-order chi connectivity index (χ0) is 20.2. The summed E-state index contributed by atoms with van der Waals surface area (Å²) in [6.07, 6.45) is 18.8. The zero-order valence-corrected chi connectivity index (χ0v) is 22.3. The number of rotatable bonds is 14. The number of unbranched alkanes of at least 4 members (excludes halogenated alkanes) is 4. The van der Waals surface area contributed by atoms with Crippen LogP contribution in [0.25, 0.3) is 0 Å². The summed E-state index contributed by atoms with van der Waals surface area (Å²) in [6.45, 7) is 11.8. The fourth-order valence-corrected chi connectivity index (χ4v) is 20.0. The first kappa shape index (κ1) is 25.5. The molecule has 2 heteroatoms. The van der Waals surface area contributed by atoms with Gasteiger partial charge in [0, 0.05) is 0 Å². The van der Waals surface area contributed by atoms with Gasteiger partial charge in [0.1, 0.15) is 0 Å². The van der Waals surface area contributed by atoms with Crippen molar-refractivity contribution in [2.75, 3.05) is 0 Å². The van der Waals surface area contributed by atoms with E-state index in [1.54, 1.807) is 13.3 Å². The Morgan fingerprint density at radius 1 is 0.815 bits per heavy atom. The van der Waals surface area contributed by atoms with Gasteiger partial charge in [-0.25, -0.2) is 0 Å². The van der Waals surface area contributed by atoms with Gasteiger partial charge in [-0.2, -0.15) is 0 Å². The number of hydrogen-bond acceptors (Lipinski definition) is 1. The summed E-state index contributed by atoms with van der Waals surface area (Å²) < 4.78 is 7.51. The van der Waals surface area contributed by atoms with Crippen LogP contribution in [0.2, 0.25) is 13.3 Å². The third kappa shape index (κ3) is 9.24. The van der Waals surface area contributed by atoms with E-state index in [-0.39, 0.29) is 5.41 Å². The van der Waals surface area contributed by atoms with E-state index in [2.05, 4.69) is 44.8 Å². The molecule has 0 aromatic carbocycles. The van der Waals surface area contributed by atoms with Crippen LogP contribution < -0.4 is 0 Å². The molecule has 1 N–H and O–H groups in total. The van der Waals surface area contributed by atoms with Crippen LogP contribution in [0, 0.1) is 5.41 Å². The molecule has 0 radical (unpaired) electrons. The second kappa shape index (κ2) is 12.9. The first-order chi connectivity index (χ1) is 12.9. The first-order valence-electron chi connectivity index (χ1n) is 12.3. The van der Waals surface area contributed by atoms with Crippen molar-refractivity contribution in [1.82, 2.24) is 0 Å². The van der Waals surface area contributed by atoms with Gasteiger partial charge in [0.15, 0.2) is 0 Å². The number of hydrogen-bond donors (Lipinski definition) is 1. The molecule has 160 valence electrons. The summed E-state index contributed by atoms with van der Waals surface area (Å²) in [5.74, 6) is 0. The van der Waals surface area contributed by atoms with Gasteiger partial charge in [-0.15, -0.1) is 0 Å². The topological polar surface area (TPSA) is 20.2 Å². The summed E-state index contributed by atoms with van der Waals surface area (Å²) in [6, 6.07) is 0. The van der Waals surface area contributed by atoms with Crippen LogP contribution in [0.3, 0.4) is 0 Å². The molecule has 0 spiro atoms. The van der Waals surface area contributed by atoms with Crippen molar-refractivity contribution in [3.8, 4) is 0 Å². The quantitative estimate of drug-likeness (QED) is 0.245. The minimum atomic E-state index is -2.20. The maximum atomic E-state index is 11.2. The van der Waals surface area contributed by atoms with E-state index in [4.69, 9.17) is 0 Å². The average Bonchev–Trinajstić information content (AvgIpc) is 2.65. The molecule has 1 aliphatic carbocycles. The van der Waals surface area contributed by atoms with E-state index in [0.29, 0.717) is 0 Å². The second-order valence-corrected chi connectivity index (χ2v) is 23.0. The predicted molar refractivity (Wildman–Crippen MR) is 125 cm³/mol. The molecule has 1 saturated carbocycles. The summed E-state index contributed by atoms with van der Waals surface area (Å²) in [7, 11) is 0. The molecular formula is C25H50OSn. The Morgan fingerprint density at radius 2 is 1.33 bits per heavy atom. The molecule has 0 aliphatic heterocycles. The third-order valence-corrected chi connectivity index (χ3v) is 21.1. The van der Waals surface area contributed by atoms with Crippen molar-refractivity contribution < 1.29 is 5.11 Å². The van der Waals surface area contributed by atoms with Crippen molar-refractivity contribution in [3.05, 3.63) is 10.2 Å². The van der Waals surface area contributed by atoms with Crippen LogP contribution >= 0.6 is 0 Å². The van der Waals surface area contributed by atoms with Gasteiger partial charge >= 0.3 is 176 Å². The number of allylic oxidation sites excluding steroid dienone is 1. The standard InChI is InChI=1S/C13H23O.3C4H9.Sn/c1-4-6-9-13(14)10-7-8-12(3,5-2)11-13;3*1-3-4-2;/h2,5,14H,4,6-11H2,1,3H3;3*1,3-4H2,2H3;/t12-,13-;;;;/m0..../s1. The Bertz CT molecular complexity index is 397. The van der Waals surface area contributed by atoms with Crippen LogP contribution in [0.15, 0.2) is 10.2 Å². The normalized spacial score (nSPS) is 26.7. The second-order valence-electron chi connectivity index (χ2n) is 10.0. The van der Waals surface area contributed by atoms with Gasteiger partial charge in [0.05, 0.1) is 0 Å². The Balaban J connectivity index is 2.95. The molecule has 27 heavy (non-hydrogen) atoms. The summed E-state index contributed by atoms with van der Waals surface area (Å²) in [5, 5.41) is 11.2. The molecule has 0 amide bonds. The van der Waals surface area contributed by atoms with Gasteiger partial charge in [0.25, 0.3) is 0 Å². The van der Waals surface area contributed by atoms with Crippen molar-refractivity contribution in [1.29, 1.82) is 0 Å². The molecule has 0 aromatic rings. The van der Waals surface area contributed by atoms with Crippen LogP contribution in [0.4, 0.5) is 0 Å². The van der Waals surface area contributed by atoms with E-state index >= 15 is 0 Å². The maximum absolute atomic E-state index is 11.2. The predicted octanol–water partition coefficient (Wildman–Crippen LogP) is 8.43. The Labute approximate surface area is 175 Å². The monoisotopic (exact) mass is 486 g/mol. The molecular weight excluding hydrogens is 435 g/mol. The van der Waals surface area contributed by atoms with Gasteiger partial charge in [-0.05, 0) is 0 Å². The molecule has 1 fully saturated rings. The first-order valence-corrected chi connectivity index (χ1v) is 20.0. The molecule has 0 saturated heterocycles. The van der Waals surface area contributed by atoms with Gasteiger partial charge in [-0.3, -0.25) is 0 Å². The molecule has 0 heterocycles. The summed E-state index contributed by atoms with van der Waals surface area (Å²) in [4.78, 5) is 0. The fourth-order valence-electron chi connectivity index (χ4n) is 5.20. The summed E-state index contributed by atoms with van der Waals surface area (Å²) in [5.41, 5.74) is -0.171. The van der Waals surface area contributed by atoms with Crippen LogP contribution in [-0.4, -0.2) is 29.1 Å². The fraction of sp³-hybridized carbons (Fsp3) is 0.920. The third-order valence-electron chi connectivity index (χ3n) is 7.04. The van der Waals surface area contributed by atoms with E-state index < -0.39 is 24.0 Å². The molecule has 1 rings (SSSR count). The molecule has 0 aromatic heterocycles. The van der Waals surface area contributed by atoms with Crippen LogP contribution in [0.5, 0.6) is 0 Å².